The number of imidazole rings is 1. The second-order valence-electron chi connectivity index (χ2n) is 5.16. The number of ether oxygens (including phenoxy) is 1. The van der Waals surface area contributed by atoms with Crippen LogP contribution in [0.1, 0.15) is 45.5 Å². The number of aromatic nitrogens is 2. The van der Waals surface area contributed by atoms with Gasteiger partial charge in [-0.15, -0.1) is 0 Å². The third kappa shape index (κ3) is 3.12. The van der Waals surface area contributed by atoms with E-state index in [4.69, 9.17) is 9.72 Å². The van der Waals surface area contributed by atoms with Gasteiger partial charge in [-0.2, -0.15) is 0 Å². The van der Waals surface area contributed by atoms with E-state index in [1.54, 1.807) is 7.11 Å². The van der Waals surface area contributed by atoms with Crippen LogP contribution in [0.2, 0.25) is 0 Å². The number of nitrogens with zero attached hydrogens (tertiary/aromatic N) is 2. The number of H-pyrrole nitrogens is 1. The molecule has 0 saturated heterocycles. The van der Waals surface area contributed by atoms with Gasteiger partial charge in [0.15, 0.2) is 0 Å². The van der Waals surface area contributed by atoms with Crippen LogP contribution in [0.4, 0.5) is 0 Å². The Hall–Kier alpha value is -1.55. The van der Waals surface area contributed by atoms with E-state index in [-0.39, 0.29) is 0 Å². The molecule has 2 aromatic rings. The summed E-state index contributed by atoms with van der Waals surface area (Å²) in [7, 11) is 1.69. The second kappa shape index (κ2) is 6.75. The Morgan fingerprint density at radius 2 is 2.15 bits per heavy atom. The van der Waals surface area contributed by atoms with Gasteiger partial charge in [-0.25, -0.2) is 4.98 Å². The third-order valence-electron chi connectivity index (χ3n) is 3.86. The first-order chi connectivity index (χ1) is 9.69. The molecule has 110 valence electrons. The molecule has 0 aliphatic rings. The van der Waals surface area contributed by atoms with Gasteiger partial charge in [0, 0.05) is 6.07 Å². The first-order valence-corrected chi connectivity index (χ1v) is 7.47. The van der Waals surface area contributed by atoms with E-state index in [2.05, 4.69) is 30.7 Å². The zero-order chi connectivity index (χ0) is 14.5. The quantitative estimate of drug-likeness (QED) is 0.836. The standard InChI is InChI=1S/C16H25N3O/c1-5-7-10-19(6-2)12(3)16-17-14-9-8-13(20-4)11-15(14)18-16/h8-9,11-12H,5-7,10H2,1-4H3,(H,17,18). The summed E-state index contributed by atoms with van der Waals surface area (Å²) in [5.74, 6) is 1.89. The van der Waals surface area contributed by atoms with Gasteiger partial charge in [-0.1, -0.05) is 20.3 Å². The van der Waals surface area contributed by atoms with Gasteiger partial charge in [0.2, 0.25) is 0 Å². The number of methoxy groups -OCH3 is 1. The smallest absolute Gasteiger partial charge is 0.124 e. The van der Waals surface area contributed by atoms with Gasteiger partial charge in [-0.05, 0) is 38.6 Å². The fourth-order valence-electron chi connectivity index (χ4n) is 2.49. The number of rotatable bonds is 7. The largest absolute Gasteiger partial charge is 0.497 e. The summed E-state index contributed by atoms with van der Waals surface area (Å²) in [5, 5.41) is 0. The normalized spacial score (nSPS) is 13.1. The van der Waals surface area contributed by atoms with Crippen molar-refractivity contribution < 1.29 is 4.74 Å². The number of aromatic amines is 1. The number of fused-ring (bicyclic) bond motifs is 1. The molecule has 4 nitrogen and oxygen atoms in total. The molecule has 0 aliphatic carbocycles. The van der Waals surface area contributed by atoms with Gasteiger partial charge in [0.1, 0.15) is 11.6 Å². The molecular formula is C16H25N3O. The van der Waals surface area contributed by atoms with Crippen molar-refractivity contribution in [3.63, 3.8) is 0 Å². The van der Waals surface area contributed by atoms with Crippen molar-refractivity contribution in [1.29, 1.82) is 0 Å². The monoisotopic (exact) mass is 275 g/mol. The van der Waals surface area contributed by atoms with Crippen LogP contribution in [-0.4, -0.2) is 35.1 Å². The number of benzene rings is 1. The molecule has 0 aliphatic heterocycles. The Balaban J connectivity index is 2.22. The Morgan fingerprint density at radius 3 is 2.80 bits per heavy atom. The molecule has 0 radical (unpaired) electrons. The van der Waals surface area contributed by atoms with Crippen LogP contribution in [0, 0.1) is 0 Å². The minimum Gasteiger partial charge on any atom is -0.497 e. The summed E-state index contributed by atoms with van der Waals surface area (Å²) in [6.45, 7) is 8.81. The molecule has 0 fully saturated rings. The molecule has 20 heavy (non-hydrogen) atoms. The lowest BCUT2D eigenvalue weighted by molar-refractivity contribution is 0.212. The number of nitrogens with one attached hydrogen (secondary N) is 1. The highest BCUT2D eigenvalue weighted by Gasteiger charge is 2.17. The maximum absolute atomic E-state index is 5.26. The molecular weight excluding hydrogens is 250 g/mol. The van der Waals surface area contributed by atoms with Crippen LogP contribution in [-0.2, 0) is 0 Å². The fraction of sp³-hybridized carbons (Fsp3) is 0.562. The maximum Gasteiger partial charge on any atom is 0.124 e. The minimum absolute atomic E-state index is 0.310. The van der Waals surface area contributed by atoms with Crippen molar-refractivity contribution in [1.82, 2.24) is 14.9 Å². The van der Waals surface area contributed by atoms with E-state index >= 15 is 0 Å². The van der Waals surface area contributed by atoms with E-state index in [9.17, 15) is 0 Å². The molecule has 0 spiro atoms. The van der Waals surface area contributed by atoms with E-state index in [0.717, 1.165) is 35.7 Å². The number of hydrogen-bond donors (Lipinski definition) is 1. The van der Waals surface area contributed by atoms with Crippen molar-refractivity contribution in [2.24, 2.45) is 0 Å². The van der Waals surface area contributed by atoms with E-state index < -0.39 is 0 Å². The second-order valence-corrected chi connectivity index (χ2v) is 5.16. The summed E-state index contributed by atoms with van der Waals surface area (Å²) in [4.78, 5) is 10.6. The van der Waals surface area contributed by atoms with Gasteiger partial charge in [-0.3, -0.25) is 4.90 Å². The molecule has 1 atom stereocenters. The fourth-order valence-corrected chi connectivity index (χ4v) is 2.49. The summed E-state index contributed by atoms with van der Waals surface area (Å²) >= 11 is 0. The lowest BCUT2D eigenvalue weighted by Crippen LogP contribution is -2.28. The predicted molar refractivity (Wildman–Crippen MR) is 83.2 cm³/mol. The SMILES string of the molecule is CCCCN(CC)C(C)c1nc2ccc(OC)cc2[nH]1. The molecule has 1 aromatic carbocycles. The summed E-state index contributed by atoms with van der Waals surface area (Å²) in [6.07, 6.45) is 2.45. The molecule has 0 amide bonds. The topological polar surface area (TPSA) is 41.2 Å². The van der Waals surface area contributed by atoms with Crippen molar-refractivity contribution in [2.45, 2.75) is 39.7 Å². The first-order valence-electron chi connectivity index (χ1n) is 7.47. The van der Waals surface area contributed by atoms with Crippen molar-refractivity contribution in [3.05, 3.63) is 24.0 Å². The first kappa shape index (κ1) is 14.9. The third-order valence-corrected chi connectivity index (χ3v) is 3.86. The summed E-state index contributed by atoms with van der Waals surface area (Å²) in [5.41, 5.74) is 2.04. The van der Waals surface area contributed by atoms with Gasteiger partial charge in [0.25, 0.3) is 0 Å². The predicted octanol–water partition coefficient (Wildman–Crippen LogP) is 3.75. The lowest BCUT2D eigenvalue weighted by atomic mass is 10.2. The lowest BCUT2D eigenvalue weighted by Gasteiger charge is -2.26. The van der Waals surface area contributed by atoms with Crippen molar-refractivity contribution >= 4 is 11.0 Å². The van der Waals surface area contributed by atoms with Crippen LogP contribution < -0.4 is 4.74 Å². The van der Waals surface area contributed by atoms with Crippen molar-refractivity contribution in [2.75, 3.05) is 20.2 Å². The minimum atomic E-state index is 0.310. The average molecular weight is 275 g/mol. The van der Waals surface area contributed by atoms with E-state index in [1.165, 1.54) is 12.8 Å². The average Bonchev–Trinajstić information content (AvgIpc) is 2.90. The number of unbranched alkanes of at least 4 members (excludes halogenated alkanes) is 1. The zero-order valence-electron chi connectivity index (χ0n) is 12.9. The van der Waals surface area contributed by atoms with Crippen LogP contribution in [0.3, 0.4) is 0 Å². The van der Waals surface area contributed by atoms with Crippen LogP contribution in [0.15, 0.2) is 18.2 Å². The van der Waals surface area contributed by atoms with Crippen LogP contribution >= 0.6 is 0 Å². The highest BCUT2D eigenvalue weighted by Crippen LogP contribution is 2.23. The molecule has 2 rings (SSSR count). The zero-order valence-corrected chi connectivity index (χ0v) is 12.9. The van der Waals surface area contributed by atoms with E-state index in [0.29, 0.717) is 6.04 Å². The Morgan fingerprint density at radius 1 is 1.35 bits per heavy atom. The Kier molecular flexibility index (Phi) is 5.01. The summed E-state index contributed by atoms with van der Waals surface area (Å²) < 4.78 is 5.26. The molecule has 1 unspecified atom stereocenters. The Labute approximate surface area is 121 Å². The molecule has 1 aromatic heterocycles. The molecule has 4 heteroatoms. The molecule has 1 heterocycles. The van der Waals surface area contributed by atoms with Gasteiger partial charge >= 0.3 is 0 Å². The van der Waals surface area contributed by atoms with Gasteiger partial charge in [0.05, 0.1) is 24.2 Å². The highest BCUT2D eigenvalue weighted by atomic mass is 16.5. The van der Waals surface area contributed by atoms with E-state index in [1.807, 2.05) is 18.2 Å². The molecule has 0 saturated carbocycles. The van der Waals surface area contributed by atoms with Crippen molar-refractivity contribution in [3.8, 4) is 5.75 Å². The Bertz CT molecular complexity index is 550. The molecule has 1 N–H and O–H groups in total. The van der Waals surface area contributed by atoms with Crippen LogP contribution in [0.25, 0.3) is 11.0 Å². The number of hydrogen-bond acceptors (Lipinski definition) is 3. The van der Waals surface area contributed by atoms with Gasteiger partial charge < -0.3 is 9.72 Å². The summed E-state index contributed by atoms with van der Waals surface area (Å²) in [6, 6.07) is 6.26. The van der Waals surface area contributed by atoms with Crippen LogP contribution in [0.5, 0.6) is 5.75 Å². The maximum atomic E-state index is 5.26. The highest BCUT2D eigenvalue weighted by molar-refractivity contribution is 5.76. The molecule has 0 bridgehead atoms.